The zero-order valence-corrected chi connectivity index (χ0v) is 13.3. The monoisotopic (exact) mass is 316 g/mol. The third-order valence-corrected chi connectivity index (χ3v) is 4.22. The first-order valence-electron chi connectivity index (χ1n) is 7.79. The quantitative estimate of drug-likeness (QED) is 0.653. The largest absolute Gasteiger partial charge is 0.497 e. The fourth-order valence-electron chi connectivity index (χ4n) is 2.94. The summed E-state index contributed by atoms with van der Waals surface area (Å²) in [4.78, 5) is 12.7. The Hall–Kier alpha value is -3.07. The molecule has 0 N–H and O–H groups in total. The first kappa shape index (κ1) is 14.5. The molecule has 0 saturated carbocycles. The zero-order chi connectivity index (χ0) is 16.5. The van der Waals surface area contributed by atoms with Crippen molar-refractivity contribution in [3.63, 3.8) is 0 Å². The fraction of sp³-hybridized carbons (Fsp3) is 0.0952. The van der Waals surface area contributed by atoms with Crippen LogP contribution in [0.25, 0.3) is 16.8 Å². The summed E-state index contributed by atoms with van der Waals surface area (Å²) in [6, 6.07) is 19.6. The van der Waals surface area contributed by atoms with Crippen molar-refractivity contribution >= 4 is 22.6 Å². The molecule has 1 aliphatic rings. The van der Waals surface area contributed by atoms with Gasteiger partial charge in [-0.05, 0) is 46.7 Å². The lowest BCUT2D eigenvalue weighted by atomic mass is 9.97. The third-order valence-electron chi connectivity index (χ3n) is 4.22. The molecule has 1 heterocycles. The van der Waals surface area contributed by atoms with Crippen LogP contribution in [0.3, 0.4) is 0 Å². The zero-order valence-electron chi connectivity index (χ0n) is 13.3. The summed E-state index contributed by atoms with van der Waals surface area (Å²) in [6.45, 7) is 0.283. The van der Waals surface area contributed by atoms with Gasteiger partial charge in [0.25, 0.3) is 0 Å². The highest BCUT2D eigenvalue weighted by atomic mass is 16.5. The van der Waals surface area contributed by atoms with E-state index < -0.39 is 0 Å². The fourth-order valence-corrected chi connectivity index (χ4v) is 2.94. The van der Waals surface area contributed by atoms with Gasteiger partial charge in [0.1, 0.15) is 18.1 Å². The molecule has 0 radical (unpaired) electrons. The molecular formula is C21H16O3. The lowest BCUT2D eigenvalue weighted by Gasteiger charge is -2.19. The van der Waals surface area contributed by atoms with E-state index in [0.29, 0.717) is 22.6 Å². The Kier molecular flexibility index (Phi) is 3.54. The first-order valence-corrected chi connectivity index (χ1v) is 7.79. The number of hydrogen-bond acceptors (Lipinski definition) is 3. The Morgan fingerprint density at radius 2 is 1.83 bits per heavy atom. The highest BCUT2D eigenvalue weighted by Crippen LogP contribution is 2.31. The van der Waals surface area contributed by atoms with Crippen LogP contribution in [0.1, 0.15) is 15.9 Å². The summed E-state index contributed by atoms with van der Waals surface area (Å²) < 4.78 is 10.9. The normalized spacial score (nSPS) is 15.2. The van der Waals surface area contributed by atoms with Crippen LogP contribution in [-0.2, 0) is 0 Å². The van der Waals surface area contributed by atoms with Crippen molar-refractivity contribution in [2.75, 3.05) is 13.7 Å². The van der Waals surface area contributed by atoms with Gasteiger partial charge in [-0.15, -0.1) is 0 Å². The summed E-state index contributed by atoms with van der Waals surface area (Å²) in [7, 11) is 1.59. The summed E-state index contributed by atoms with van der Waals surface area (Å²) in [5, 5.41) is 2.33. The number of methoxy groups -OCH3 is 1. The van der Waals surface area contributed by atoms with E-state index >= 15 is 0 Å². The number of ketones is 1. The van der Waals surface area contributed by atoms with Crippen LogP contribution < -0.4 is 9.47 Å². The Morgan fingerprint density at radius 3 is 2.67 bits per heavy atom. The van der Waals surface area contributed by atoms with Crippen molar-refractivity contribution in [2.24, 2.45) is 0 Å². The molecule has 3 aromatic carbocycles. The molecule has 24 heavy (non-hydrogen) atoms. The number of hydrogen-bond donors (Lipinski definition) is 0. The molecule has 0 bridgehead atoms. The Morgan fingerprint density at radius 1 is 1.00 bits per heavy atom. The SMILES string of the molecule is COc1ccc2c(c1)C(=O)/C(=C/c1ccc3ccccc3c1)CO2. The van der Waals surface area contributed by atoms with Crippen molar-refractivity contribution in [2.45, 2.75) is 0 Å². The topological polar surface area (TPSA) is 35.5 Å². The lowest BCUT2D eigenvalue weighted by molar-refractivity contribution is 0.100. The van der Waals surface area contributed by atoms with E-state index in [2.05, 4.69) is 24.3 Å². The van der Waals surface area contributed by atoms with Gasteiger partial charge < -0.3 is 9.47 Å². The molecular weight excluding hydrogens is 300 g/mol. The molecule has 0 aliphatic carbocycles. The van der Waals surface area contributed by atoms with E-state index in [-0.39, 0.29) is 12.4 Å². The highest BCUT2D eigenvalue weighted by molar-refractivity contribution is 6.14. The summed E-state index contributed by atoms with van der Waals surface area (Å²) >= 11 is 0. The van der Waals surface area contributed by atoms with Crippen LogP contribution in [-0.4, -0.2) is 19.5 Å². The molecule has 0 amide bonds. The second-order valence-corrected chi connectivity index (χ2v) is 5.76. The summed E-state index contributed by atoms with van der Waals surface area (Å²) in [6.07, 6.45) is 1.90. The molecule has 118 valence electrons. The summed E-state index contributed by atoms with van der Waals surface area (Å²) in [5.74, 6) is 1.25. The van der Waals surface area contributed by atoms with Crippen molar-refractivity contribution < 1.29 is 14.3 Å². The van der Waals surface area contributed by atoms with Crippen LogP contribution in [0.15, 0.2) is 66.2 Å². The maximum atomic E-state index is 12.7. The van der Waals surface area contributed by atoms with Crippen molar-refractivity contribution in [1.82, 2.24) is 0 Å². The number of fused-ring (bicyclic) bond motifs is 2. The van der Waals surface area contributed by atoms with Gasteiger partial charge in [0.15, 0.2) is 5.78 Å². The van der Waals surface area contributed by atoms with Gasteiger partial charge in [0, 0.05) is 5.57 Å². The molecule has 3 aromatic rings. The Balaban J connectivity index is 1.72. The third kappa shape index (κ3) is 2.54. The van der Waals surface area contributed by atoms with E-state index in [1.54, 1.807) is 25.3 Å². The standard InChI is InChI=1S/C21H16O3/c1-23-18-8-9-20-19(12-18)21(22)17(13-24-20)11-14-6-7-15-4-2-3-5-16(15)10-14/h2-12H,13H2,1H3/b17-11+. The number of carbonyl (C=O) groups excluding carboxylic acids is 1. The molecule has 0 saturated heterocycles. The Bertz CT molecular complexity index is 970. The smallest absolute Gasteiger partial charge is 0.196 e. The van der Waals surface area contributed by atoms with Crippen LogP contribution in [0, 0.1) is 0 Å². The first-order chi connectivity index (χ1) is 11.7. The van der Waals surface area contributed by atoms with Gasteiger partial charge in [0.2, 0.25) is 0 Å². The van der Waals surface area contributed by atoms with Crippen molar-refractivity contribution in [3.05, 3.63) is 77.4 Å². The molecule has 0 fully saturated rings. The number of rotatable bonds is 2. The van der Waals surface area contributed by atoms with Gasteiger partial charge in [-0.1, -0.05) is 36.4 Å². The number of benzene rings is 3. The molecule has 1 aliphatic heterocycles. The predicted molar refractivity (Wildman–Crippen MR) is 94.7 cm³/mol. The molecule has 0 atom stereocenters. The maximum Gasteiger partial charge on any atom is 0.196 e. The average molecular weight is 316 g/mol. The van der Waals surface area contributed by atoms with E-state index in [1.165, 1.54) is 5.39 Å². The molecule has 3 heteroatoms. The van der Waals surface area contributed by atoms with Crippen LogP contribution in [0.4, 0.5) is 0 Å². The molecule has 4 rings (SSSR count). The summed E-state index contributed by atoms with van der Waals surface area (Å²) in [5.41, 5.74) is 2.19. The van der Waals surface area contributed by atoms with E-state index in [0.717, 1.165) is 10.9 Å². The molecule has 0 spiro atoms. The van der Waals surface area contributed by atoms with Crippen molar-refractivity contribution in [3.8, 4) is 11.5 Å². The predicted octanol–water partition coefficient (Wildman–Crippen LogP) is 4.51. The minimum absolute atomic E-state index is 0.0108. The maximum absolute atomic E-state index is 12.7. The lowest BCUT2D eigenvalue weighted by Crippen LogP contribution is -2.19. The van der Waals surface area contributed by atoms with Crippen LogP contribution in [0.2, 0.25) is 0 Å². The number of carbonyl (C=O) groups is 1. The number of Topliss-reactive ketones (excluding diaryl/α,β-unsaturated/α-hetero) is 1. The second kappa shape index (κ2) is 5.85. The van der Waals surface area contributed by atoms with Crippen molar-refractivity contribution in [1.29, 1.82) is 0 Å². The van der Waals surface area contributed by atoms with Gasteiger partial charge in [-0.3, -0.25) is 4.79 Å². The van der Waals surface area contributed by atoms with Crippen LogP contribution >= 0.6 is 0 Å². The minimum atomic E-state index is -0.0108. The molecule has 3 nitrogen and oxygen atoms in total. The van der Waals surface area contributed by atoms with Gasteiger partial charge in [-0.25, -0.2) is 0 Å². The van der Waals surface area contributed by atoms with E-state index in [1.807, 2.05) is 24.3 Å². The Labute approximate surface area is 140 Å². The molecule has 0 unspecified atom stereocenters. The second-order valence-electron chi connectivity index (χ2n) is 5.76. The number of ether oxygens (including phenoxy) is 2. The van der Waals surface area contributed by atoms with Gasteiger partial charge >= 0.3 is 0 Å². The highest BCUT2D eigenvalue weighted by Gasteiger charge is 2.23. The average Bonchev–Trinajstić information content (AvgIpc) is 2.64. The van der Waals surface area contributed by atoms with Gasteiger partial charge in [-0.2, -0.15) is 0 Å². The van der Waals surface area contributed by atoms with E-state index in [4.69, 9.17) is 9.47 Å². The van der Waals surface area contributed by atoms with E-state index in [9.17, 15) is 4.79 Å². The van der Waals surface area contributed by atoms with Crippen LogP contribution in [0.5, 0.6) is 11.5 Å². The molecule has 0 aromatic heterocycles. The van der Waals surface area contributed by atoms with Gasteiger partial charge in [0.05, 0.1) is 12.7 Å². The minimum Gasteiger partial charge on any atom is -0.497 e.